The minimum absolute atomic E-state index is 0.00145. The molecule has 38 heavy (non-hydrogen) atoms. The van der Waals surface area contributed by atoms with Crippen LogP contribution in [0, 0.1) is 11.2 Å². The number of aliphatic carboxylic acids is 1. The molecule has 0 radical (unpaired) electrons. The van der Waals surface area contributed by atoms with E-state index in [2.05, 4.69) is 20.6 Å². The summed E-state index contributed by atoms with van der Waals surface area (Å²) in [7, 11) is 0. The molecule has 2 aromatic rings. The maximum atomic E-state index is 15.7. The number of aromatic nitrogens is 2. The van der Waals surface area contributed by atoms with Gasteiger partial charge < -0.3 is 25.4 Å². The van der Waals surface area contributed by atoms with E-state index in [9.17, 15) is 18.4 Å². The number of hydrogen-bond acceptors (Lipinski definition) is 7. The van der Waals surface area contributed by atoms with E-state index in [0.717, 1.165) is 25.3 Å². The summed E-state index contributed by atoms with van der Waals surface area (Å²) >= 11 is 0. The Morgan fingerprint density at radius 1 is 1.18 bits per heavy atom. The summed E-state index contributed by atoms with van der Waals surface area (Å²) in [4.78, 5) is 33.3. The Kier molecular flexibility index (Phi) is 8.39. The fourth-order valence-corrected chi connectivity index (χ4v) is 4.62. The van der Waals surface area contributed by atoms with Crippen molar-refractivity contribution in [2.45, 2.75) is 57.5 Å². The maximum absolute atomic E-state index is 15.7. The molecule has 12 heteroatoms. The Hall–Kier alpha value is -3.41. The lowest BCUT2D eigenvalue weighted by molar-refractivity contribution is -0.138. The Morgan fingerprint density at radius 3 is 2.47 bits per heavy atom. The van der Waals surface area contributed by atoms with Gasteiger partial charge in [-0.2, -0.15) is 4.39 Å². The van der Waals surface area contributed by atoms with Crippen molar-refractivity contribution in [2.24, 2.45) is 5.41 Å². The lowest BCUT2D eigenvalue weighted by Gasteiger charge is -2.37. The highest BCUT2D eigenvalue weighted by Gasteiger charge is 2.36. The Morgan fingerprint density at radius 2 is 1.87 bits per heavy atom. The first kappa shape index (κ1) is 27.6. The Bertz CT molecular complexity index is 1130. The van der Waals surface area contributed by atoms with Gasteiger partial charge >= 0.3 is 5.97 Å². The first-order chi connectivity index (χ1) is 18.1. The number of rotatable bonds is 12. The van der Waals surface area contributed by atoms with E-state index in [1.807, 2.05) is 4.90 Å². The number of nitrogens with zero attached hydrogens (tertiary/aromatic N) is 3. The van der Waals surface area contributed by atoms with Crippen LogP contribution >= 0.6 is 0 Å². The predicted octanol–water partition coefficient (Wildman–Crippen LogP) is 3.70. The molecule has 1 saturated heterocycles. The molecule has 0 spiro atoms. The fourth-order valence-electron chi connectivity index (χ4n) is 4.62. The van der Waals surface area contributed by atoms with Crippen LogP contribution in [-0.2, 0) is 26.8 Å². The lowest BCUT2D eigenvalue weighted by Crippen LogP contribution is -2.42. The van der Waals surface area contributed by atoms with Crippen molar-refractivity contribution in [2.75, 3.05) is 36.5 Å². The standard InChI is InChI=1S/C26H32F3N5O4/c1-25(28,29)18-4-2-17(3-5-18)14-34(19-6-7-19)24-22(27)23(32-16-33-24)31-15-26(8-10-38-11-9-26)12-20(35)30-13-21(36)37/h2-5,16,19H,6-15H2,1H3,(H,30,35)(H,36,37)(H,31,32,33). The third-order valence-corrected chi connectivity index (χ3v) is 7.00. The average Bonchev–Trinajstić information content (AvgIpc) is 3.72. The van der Waals surface area contributed by atoms with Gasteiger partial charge in [0.2, 0.25) is 11.7 Å². The van der Waals surface area contributed by atoms with Crippen molar-refractivity contribution in [3.63, 3.8) is 0 Å². The molecule has 2 fully saturated rings. The Labute approximate surface area is 218 Å². The van der Waals surface area contributed by atoms with Gasteiger partial charge in [0, 0.05) is 56.7 Å². The zero-order valence-corrected chi connectivity index (χ0v) is 21.2. The van der Waals surface area contributed by atoms with Crippen LogP contribution in [-0.4, -0.2) is 59.3 Å². The summed E-state index contributed by atoms with van der Waals surface area (Å²) in [5.41, 5.74) is 0.112. The summed E-state index contributed by atoms with van der Waals surface area (Å²) in [6.07, 6.45) is 4.16. The summed E-state index contributed by atoms with van der Waals surface area (Å²) < 4.78 is 48.3. The molecule has 4 rings (SSSR count). The molecule has 206 valence electrons. The topological polar surface area (TPSA) is 117 Å². The first-order valence-electron chi connectivity index (χ1n) is 12.6. The molecule has 0 bridgehead atoms. The smallest absolute Gasteiger partial charge is 0.322 e. The number of nitrogens with one attached hydrogen (secondary N) is 2. The number of carboxylic acid groups (broad SMARTS) is 1. The molecule has 1 amide bonds. The molecule has 1 aliphatic carbocycles. The van der Waals surface area contributed by atoms with E-state index in [1.54, 1.807) is 12.1 Å². The molecule has 1 aromatic carbocycles. The molecule has 2 heterocycles. The minimum Gasteiger partial charge on any atom is -0.480 e. The number of alkyl halides is 2. The summed E-state index contributed by atoms with van der Waals surface area (Å²) in [6.45, 7) is 1.78. The predicted molar refractivity (Wildman–Crippen MR) is 133 cm³/mol. The van der Waals surface area contributed by atoms with Gasteiger partial charge in [0.25, 0.3) is 5.92 Å². The van der Waals surface area contributed by atoms with Gasteiger partial charge in [-0.1, -0.05) is 24.3 Å². The summed E-state index contributed by atoms with van der Waals surface area (Å²) in [6, 6.07) is 6.07. The van der Waals surface area contributed by atoms with Crippen molar-refractivity contribution in [3.05, 3.63) is 47.5 Å². The monoisotopic (exact) mass is 535 g/mol. The zero-order chi connectivity index (χ0) is 27.3. The molecular formula is C26H32F3N5O4. The summed E-state index contributed by atoms with van der Waals surface area (Å²) in [5.74, 6) is -4.98. The number of hydrogen-bond donors (Lipinski definition) is 3. The summed E-state index contributed by atoms with van der Waals surface area (Å²) in [5, 5.41) is 14.3. The SMILES string of the molecule is CC(F)(F)c1ccc(CN(c2ncnc(NCC3(CC(=O)NCC(=O)O)CCOCC3)c2F)C2CC2)cc1. The van der Waals surface area contributed by atoms with E-state index in [-0.39, 0.29) is 36.2 Å². The second-order valence-electron chi connectivity index (χ2n) is 10.1. The van der Waals surface area contributed by atoms with E-state index < -0.39 is 35.6 Å². The van der Waals surface area contributed by atoms with Crippen LogP contribution in [0.3, 0.4) is 0 Å². The highest BCUT2D eigenvalue weighted by Crippen LogP contribution is 2.37. The number of carboxylic acids is 1. The second-order valence-corrected chi connectivity index (χ2v) is 10.1. The van der Waals surface area contributed by atoms with Crippen LogP contribution < -0.4 is 15.5 Å². The number of carbonyl (C=O) groups is 2. The van der Waals surface area contributed by atoms with E-state index in [0.29, 0.717) is 32.6 Å². The molecule has 3 N–H and O–H groups in total. The van der Waals surface area contributed by atoms with Crippen molar-refractivity contribution in [1.82, 2.24) is 15.3 Å². The van der Waals surface area contributed by atoms with Gasteiger partial charge in [-0.15, -0.1) is 0 Å². The number of halogens is 3. The quantitative estimate of drug-likeness (QED) is 0.377. The third-order valence-electron chi connectivity index (χ3n) is 7.00. The molecule has 0 unspecified atom stereocenters. The number of ether oxygens (including phenoxy) is 1. The van der Waals surface area contributed by atoms with Crippen LogP contribution in [0.2, 0.25) is 0 Å². The molecule has 2 aliphatic rings. The zero-order valence-electron chi connectivity index (χ0n) is 21.2. The van der Waals surface area contributed by atoms with Gasteiger partial charge in [0.1, 0.15) is 12.9 Å². The molecule has 1 aliphatic heterocycles. The van der Waals surface area contributed by atoms with Gasteiger partial charge in [0.15, 0.2) is 11.6 Å². The van der Waals surface area contributed by atoms with Crippen molar-refractivity contribution in [3.8, 4) is 0 Å². The van der Waals surface area contributed by atoms with Gasteiger partial charge in [-0.3, -0.25) is 9.59 Å². The lowest BCUT2D eigenvalue weighted by atomic mass is 9.77. The van der Waals surface area contributed by atoms with E-state index in [1.165, 1.54) is 18.5 Å². The van der Waals surface area contributed by atoms with E-state index in [4.69, 9.17) is 9.84 Å². The molecule has 1 saturated carbocycles. The molecular weight excluding hydrogens is 503 g/mol. The number of anilines is 2. The second kappa shape index (κ2) is 11.5. The number of benzene rings is 1. The normalized spacial score (nSPS) is 17.1. The van der Waals surface area contributed by atoms with Gasteiger partial charge in [-0.25, -0.2) is 18.7 Å². The minimum atomic E-state index is -2.94. The maximum Gasteiger partial charge on any atom is 0.322 e. The van der Waals surface area contributed by atoms with Crippen LogP contribution in [0.25, 0.3) is 0 Å². The molecule has 0 atom stereocenters. The van der Waals surface area contributed by atoms with Crippen LogP contribution in [0.1, 0.15) is 50.2 Å². The highest BCUT2D eigenvalue weighted by molar-refractivity contribution is 5.81. The number of carbonyl (C=O) groups excluding carboxylic acids is 1. The highest BCUT2D eigenvalue weighted by atomic mass is 19.3. The first-order valence-corrected chi connectivity index (χ1v) is 12.6. The van der Waals surface area contributed by atoms with Gasteiger partial charge in [-0.05, 0) is 31.2 Å². The van der Waals surface area contributed by atoms with Crippen LogP contribution in [0.4, 0.5) is 24.8 Å². The largest absolute Gasteiger partial charge is 0.480 e. The van der Waals surface area contributed by atoms with Crippen molar-refractivity contribution in [1.29, 1.82) is 0 Å². The third kappa shape index (κ3) is 7.12. The van der Waals surface area contributed by atoms with E-state index >= 15 is 4.39 Å². The molecule has 9 nitrogen and oxygen atoms in total. The fraction of sp³-hybridized carbons (Fsp3) is 0.538. The van der Waals surface area contributed by atoms with Crippen molar-refractivity contribution < 1.29 is 32.6 Å². The van der Waals surface area contributed by atoms with Crippen molar-refractivity contribution >= 4 is 23.5 Å². The van der Waals surface area contributed by atoms with Crippen LogP contribution in [0.15, 0.2) is 30.6 Å². The average molecular weight is 536 g/mol. The van der Waals surface area contributed by atoms with Crippen LogP contribution in [0.5, 0.6) is 0 Å². The Balaban J connectivity index is 1.48. The molecule has 1 aromatic heterocycles. The van der Waals surface area contributed by atoms with Gasteiger partial charge in [0.05, 0.1) is 0 Å². The number of amides is 1.